The maximum absolute atomic E-state index is 10.8. The van der Waals surface area contributed by atoms with E-state index in [0.29, 0.717) is 25.3 Å². The molecule has 116 valence electrons. The number of carboxylic acids is 1. The van der Waals surface area contributed by atoms with Crippen molar-refractivity contribution in [3.8, 4) is 0 Å². The van der Waals surface area contributed by atoms with Crippen LogP contribution in [0, 0.1) is 5.41 Å². The summed E-state index contributed by atoms with van der Waals surface area (Å²) in [5.41, 5.74) is -0.655. The minimum atomic E-state index is -1.11. The molecule has 0 saturated carbocycles. The second-order valence-corrected chi connectivity index (χ2v) is 5.58. The monoisotopic (exact) mass is 295 g/mol. The average Bonchev–Trinajstić information content (AvgIpc) is 2.50. The molecule has 1 aromatic heterocycles. The van der Waals surface area contributed by atoms with Crippen LogP contribution in [-0.2, 0) is 0 Å². The zero-order chi connectivity index (χ0) is 15.5. The van der Waals surface area contributed by atoms with Gasteiger partial charge in [0.05, 0.1) is 12.7 Å². The first-order valence-corrected chi connectivity index (χ1v) is 7.13. The average molecular weight is 295 g/mol. The van der Waals surface area contributed by atoms with Gasteiger partial charge in [0.2, 0.25) is 0 Å². The van der Waals surface area contributed by atoms with Crippen LogP contribution in [0.4, 0.5) is 5.82 Å². The normalized spacial score (nSPS) is 25.9. The molecule has 2 heterocycles. The Hall–Kier alpha value is -1.73. The fourth-order valence-corrected chi connectivity index (χ4v) is 2.93. The molecule has 2 atom stereocenters. The fourth-order valence-electron chi connectivity index (χ4n) is 2.93. The van der Waals surface area contributed by atoms with Gasteiger partial charge in [-0.05, 0) is 25.0 Å². The highest BCUT2D eigenvalue weighted by Crippen LogP contribution is 2.35. The third-order valence-electron chi connectivity index (χ3n) is 4.14. The highest BCUT2D eigenvalue weighted by Gasteiger charge is 2.42. The van der Waals surface area contributed by atoms with Gasteiger partial charge in [-0.15, -0.1) is 10.2 Å². The summed E-state index contributed by atoms with van der Waals surface area (Å²) in [6.07, 6.45) is 1.60. The molecule has 0 spiro atoms. The van der Waals surface area contributed by atoms with E-state index in [-0.39, 0.29) is 12.3 Å². The highest BCUT2D eigenvalue weighted by atomic mass is 16.4. The molecule has 3 N–H and O–H groups in total. The Morgan fingerprint density at radius 3 is 2.76 bits per heavy atom. The molecule has 0 aromatic carbocycles. The molecule has 0 unspecified atom stereocenters. The van der Waals surface area contributed by atoms with Crippen molar-refractivity contribution in [1.29, 1.82) is 0 Å². The first-order valence-electron chi connectivity index (χ1n) is 7.13. The summed E-state index contributed by atoms with van der Waals surface area (Å²) < 4.78 is 0. The molecule has 1 aliphatic heterocycles. The van der Waals surface area contributed by atoms with Gasteiger partial charge in [-0.1, -0.05) is 13.3 Å². The SMILES string of the molecule is CCC[C@@]1(CO)CN(c2ccc(C(=O)O)nn2)CC[C@H]1O. The number of aromatic nitrogens is 2. The first kappa shape index (κ1) is 15.7. The third kappa shape index (κ3) is 3.14. The van der Waals surface area contributed by atoms with Crippen molar-refractivity contribution in [2.45, 2.75) is 32.3 Å². The molecule has 1 aliphatic rings. The van der Waals surface area contributed by atoms with E-state index in [9.17, 15) is 15.0 Å². The van der Waals surface area contributed by atoms with Crippen molar-refractivity contribution in [3.63, 3.8) is 0 Å². The molecule has 0 aliphatic carbocycles. The second-order valence-electron chi connectivity index (χ2n) is 5.58. The maximum Gasteiger partial charge on any atom is 0.356 e. The number of hydrogen-bond donors (Lipinski definition) is 3. The van der Waals surface area contributed by atoms with Crippen LogP contribution in [0.2, 0.25) is 0 Å². The van der Waals surface area contributed by atoms with Crippen LogP contribution in [-0.4, -0.2) is 57.3 Å². The Morgan fingerprint density at radius 1 is 1.48 bits per heavy atom. The molecular weight excluding hydrogens is 274 g/mol. The van der Waals surface area contributed by atoms with Crippen LogP contribution in [0.25, 0.3) is 0 Å². The van der Waals surface area contributed by atoms with Crippen molar-refractivity contribution in [1.82, 2.24) is 10.2 Å². The summed E-state index contributed by atoms with van der Waals surface area (Å²) in [6, 6.07) is 3.03. The zero-order valence-electron chi connectivity index (χ0n) is 12.1. The number of piperidine rings is 1. The van der Waals surface area contributed by atoms with Crippen LogP contribution in [0.5, 0.6) is 0 Å². The third-order valence-corrected chi connectivity index (χ3v) is 4.14. The lowest BCUT2D eigenvalue weighted by molar-refractivity contribution is -0.0353. The van der Waals surface area contributed by atoms with Crippen molar-refractivity contribution in [2.24, 2.45) is 5.41 Å². The molecule has 0 bridgehead atoms. The Labute approximate surface area is 123 Å². The predicted octanol–water partition coefficient (Wildman–Crippen LogP) is 0.525. The summed E-state index contributed by atoms with van der Waals surface area (Å²) in [4.78, 5) is 12.7. The summed E-state index contributed by atoms with van der Waals surface area (Å²) in [5.74, 6) is -0.542. The van der Waals surface area contributed by atoms with Gasteiger partial charge in [-0.25, -0.2) is 4.79 Å². The zero-order valence-corrected chi connectivity index (χ0v) is 12.1. The molecular formula is C14H21N3O4. The van der Waals surface area contributed by atoms with Gasteiger partial charge in [0.1, 0.15) is 0 Å². The Bertz CT molecular complexity index is 493. The lowest BCUT2D eigenvalue weighted by Crippen LogP contribution is -2.54. The Balaban J connectivity index is 2.18. The van der Waals surface area contributed by atoms with E-state index in [4.69, 9.17) is 5.11 Å². The fraction of sp³-hybridized carbons (Fsp3) is 0.643. The Kier molecular flexibility index (Phi) is 4.74. The number of aliphatic hydroxyl groups excluding tert-OH is 2. The summed E-state index contributed by atoms with van der Waals surface area (Å²) in [5, 5.41) is 36.4. The minimum Gasteiger partial charge on any atom is -0.476 e. The van der Waals surface area contributed by atoms with E-state index < -0.39 is 17.5 Å². The predicted molar refractivity (Wildman–Crippen MR) is 76.3 cm³/mol. The lowest BCUT2D eigenvalue weighted by Gasteiger charge is -2.45. The first-order chi connectivity index (χ1) is 10.0. The van der Waals surface area contributed by atoms with E-state index in [2.05, 4.69) is 10.2 Å². The molecule has 21 heavy (non-hydrogen) atoms. The number of hydrogen-bond acceptors (Lipinski definition) is 6. The van der Waals surface area contributed by atoms with Crippen LogP contribution in [0.3, 0.4) is 0 Å². The van der Waals surface area contributed by atoms with Crippen LogP contribution in [0.1, 0.15) is 36.7 Å². The van der Waals surface area contributed by atoms with E-state index in [1.807, 2.05) is 11.8 Å². The number of nitrogens with zero attached hydrogens (tertiary/aromatic N) is 3. The maximum atomic E-state index is 10.8. The second kappa shape index (κ2) is 6.36. The smallest absolute Gasteiger partial charge is 0.356 e. The number of rotatable bonds is 5. The minimum absolute atomic E-state index is 0.0842. The quantitative estimate of drug-likeness (QED) is 0.727. The van der Waals surface area contributed by atoms with E-state index in [1.165, 1.54) is 6.07 Å². The number of aliphatic hydroxyl groups is 2. The van der Waals surface area contributed by atoms with Crippen molar-refractivity contribution < 1.29 is 20.1 Å². The molecule has 7 heteroatoms. The number of carbonyl (C=O) groups is 1. The topological polar surface area (TPSA) is 107 Å². The lowest BCUT2D eigenvalue weighted by atomic mass is 9.74. The van der Waals surface area contributed by atoms with Gasteiger partial charge in [-0.2, -0.15) is 0 Å². The summed E-state index contributed by atoms with van der Waals surface area (Å²) in [7, 11) is 0. The van der Waals surface area contributed by atoms with Crippen molar-refractivity contribution >= 4 is 11.8 Å². The van der Waals surface area contributed by atoms with Gasteiger partial charge in [0.25, 0.3) is 0 Å². The highest BCUT2D eigenvalue weighted by molar-refractivity contribution is 5.85. The van der Waals surface area contributed by atoms with Crippen LogP contribution >= 0.6 is 0 Å². The number of aromatic carboxylic acids is 1. The molecule has 0 amide bonds. The van der Waals surface area contributed by atoms with Gasteiger partial charge in [-0.3, -0.25) is 0 Å². The van der Waals surface area contributed by atoms with E-state index >= 15 is 0 Å². The van der Waals surface area contributed by atoms with Gasteiger partial charge < -0.3 is 20.2 Å². The number of carboxylic acid groups (broad SMARTS) is 1. The van der Waals surface area contributed by atoms with E-state index in [1.54, 1.807) is 6.07 Å². The molecule has 7 nitrogen and oxygen atoms in total. The largest absolute Gasteiger partial charge is 0.476 e. The van der Waals surface area contributed by atoms with Gasteiger partial charge >= 0.3 is 5.97 Å². The van der Waals surface area contributed by atoms with Gasteiger partial charge in [0.15, 0.2) is 11.5 Å². The molecule has 1 fully saturated rings. The van der Waals surface area contributed by atoms with Crippen LogP contribution in [0.15, 0.2) is 12.1 Å². The summed E-state index contributed by atoms with van der Waals surface area (Å²) in [6.45, 7) is 3.02. The molecule has 1 aromatic rings. The summed E-state index contributed by atoms with van der Waals surface area (Å²) >= 11 is 0. The van der Waals surface area contributed by atoms with Crippen molar-refractivity contribution in [2.75, 3.05) is 24.6 Å². The van der Waals surface area contributed by atoms with Crippen LogP contribution < -0.4 is 4.90 Å². The Morgan fingerprint density at radius 2 is 2.24 bits per heavy atom. The molecule has 0 radical (unpaired) electrons. The van der Waals surface area contributed by atoms with E-state index in [0.717, 1.165) is 12.8 Å². The molecule has 1 saturated heterocycles. The van der Waals surface area contributed by atoms with Gasteiger partial charge in [0, 0.05) is 18.5 Å². The van der Waals surface area contributed by atoms with Crippen molar-refractivity contribution in [3.05, 3.63) is 17.8 Å². The molecule has 2 rings (SSSR count). The standard InChI is InChI=1S/C14H21N3O4/c1-2-6-14(9-18)8-17(7-5-11(14)19)12-4-3-10(13(20)21)15-16-12/h3-4,11,18-19H,2,5-9H2,1H3,(H,20,21)/t11-,14+/m1/s1. The number of anilines is 1.